The molecule has 3 nitrogen and oxygen atoms in total. The second kappa shape index (κ2) is 6.24. The van der Waals surface area contributed by atoms with Crippen LogP contribution in [-0.4, -0.2) is 37.0 Å². The van der Waals surface area contributed by atoms with Gasteiger partial charge in [-0.05, 0) is 32.6 Å². The van der Waals surface area contributed by atoms with E-state index in [4.69, 9.17) is 0 Å². The van der Waals surface area contributed by atoms with E-state index in [0.717, 1.165) is 5.92 Å². The largest absolute Gasteiger partial charge is 0.347 e. The van der Waals surface area contributed by atoms with Gasteiger partial charge in [-0.25, -0.2) is 0 Å². The molecule has 0 aromatic rings. The lowest BCUT2D eigenvalue weighted by Gasteiger charge is -2.31. The van der Waals surface area contributed by atoms with Gasteiger partial charge < -0.3 is 10.2 Å². The van der Waals surface area contributed by atoms with Gasteiger partial charge in [-0.2, -0.15) is 0 Å². The molecule has 2 unspecified atom stereocenters. The van der Waals surface area contributed by atoms with Crippen LogP contribution in [0.5, 0.6) is 0 Å². The van der Waals surface area contributed by atoms with Crippen LogP contribution < -0.4 is 5.32 Å². The average molecular weight is 226 g/mol. The summed E-state index contributed by atoms with van der Waals surface area (Å²) in [6, 6.07) is 0.395. The minimum atomic E-state index is -0.0630. The molecular formula is C13H26N2O. The third-order valence-electron chi connectivity index (χ3n) is 3.68. The van der Waals surface area contributed by atoms with Gasteiger partial charge in [0.2, 0.25) is 5.91 Å². The summed E-state index contributed by atoms with van der Waals surface area (Å²) in [6.45, 7) is 4.18. The fourth-order valence-corrected chi connectivity index (χ4v) is 2.62. The summed E-state index contributed by atoms with van der Waals surface area (Å²) < 4.78 is 0. The van der Waals surface area contributed by atoms with Crippen LogP contribution in [-0.2, 0) is 4.79 Å². The summed E-state index contributed by atoms with van der Waals surface area (Å²) in [5.74, 6) is 0.925. The van der Waals surface area contributed by atoms with Gasteiger partial charge in [-0.15, -0.1) is 0 Å². The maximum atomic E-state index is 11.7. The van der Waals surface area contributed by atoms with Crippen molar-refractivity contribution in [3.63, 3.8) is 0 Å². The maximum Gasteiger partial charge on any atom is 0.238 e. The lowest BCUT2D eigenvalue weighted by Crippen LogP contribution is -2.47. The minimum absolute atomic E-state index is 0.0630. The molecular weight excluding hydrogens is 200 g/mol. The molecule has 1 aliphatic carbocycles. The fraction of sp³-hybridized carbons (Fsp3) is 0.923. The Bertz CT molecular complexity index is 222. The zero-order chi connectivity index (χ0) is 12.1. The summed E-state index contributed by atoms with van der Waals surface area (Å²) in [5, 5.41) is 3.44. The molecule has 16 heavy (non-hydrogen) atoms. The number of carbonyl (C=O) groups is 1. The van der Waals surface area contributed by atoms with Crippen molar-refractivity contribution in [3.05, 3.63) is 0 Å². The first-order valence-corrected chi connectivity index (χ1v) is 6.49. The molecule has 0 bridgehead atoms. The molecule has 1 fully saturated rings. The van der Waals surface area contributed by atoms with Crippen molar-refractivity contribution in [2.75, 3.05) is 14.1 Å². The molecule has 1 aliphatic rings. The molecule has 1 saturated carbocycles. The fourth-order valence-electron chi connectivity index (χ4n) is 2.62. The van der Waals surface area contributed by atoms with Crippen LogP contribution in [0.25, 0.3) is 0 Å². The SMILES string of the molecule is CC(NC(C)C1CCCCC1)C(=O)N(C)C. The highest BCUT2D eigenvalue weighted by Gasteiger charge is 2.23. The maximum absolute atomic E-state index is 11.7. The number of nitrogens with zero attached hydrogens (tertiary/aromatic N) is 1. The van der Waals surface area contributed by atoms with Gasteiger partial charge in [0.15, 0.2) is 0 Å². The summed E-state index contributed by atoms with van der Waals surface area (Å²) >= 11 is 0. The summed E-state index contributed by atoms with van der Waals surface area (Å²) in [5.41, 5.74) is 0. The number of amides is 1. The van der Waals surface area contributed by atoms with Crippen molar-refractivity contribution in [1.29, 1.82) is 0 Å². The summed E-state index contributed by atoms with van der Waals surface area (Å²) in [4.78, 5) is 13.4. The van der Waals surface area contributed by atoms with E-state index >= 15 is 0 Å². The lowest BCUT2D eigenvalue weighted by atomic mass is 9.84. The van der Waals surface area contributed by atoms with Crippen LogP contribution in [0.3, 0.4) is 0 Å². The number of nitrogens with one attached hydrogen (secondary N) is 1. The molecule has 1 N–H and O–H groups in total. The summed E-state index contributed by atoms with van der Waals surface area (Å²) in [7, 11) is 3.62. The van der Waals surface area contributed by atoms with Gasteiger partial charge in [0.05, 0.1) is 6.04 Å². The molecule has 0 spiro atoms. The molecule has 0 saturated heterocycles. The average Bonchev–Trinajstić information content (AvgIpc) is 2.28. The first kappa shape index (κ1) is 13.5. The molecule has 0 aromatic carbocycles. The van der Waals surface area contributed by atoms with Gasteiger partial charge in [0.1, 0.15) is 0 Å². The van der Waals surface area contributed by atoms with E-state index in [1.807, 2.05) is 21.0 Å². The van der Waals surface area contributed by atoms with Crippen LogP contribution >= 0.6 is 0 Å². The molecule has 3 heteroatoms. The van der Waals surface area contributed by atoms with E-state index in [1.54, 1.807) is 4.90 Å². The Labute approximate surface area is 99.6 Å². The van der Waals surface area contributed by atoms with Gasteiger partial charge in [-0.1, -0.05) is 19.3 Å². The van der Waals surface area contributed by atoms with Crippen molar-refractivity contribution in [1.82, 2.24) is 10.2 Å². The number of hydrogen-bond donors (Lipinski definition) is 1. The Balaban J connectivity index is 2.37. The van der Waals surface area contributed by atoms with Gasteiger partial charge >= 0.3 is 0 Å². The minimum Gasteiger partial charge on any atom is -0.347 e. The van der Waals surface area contributed by atoms with E-state index < -0.39 is 0 Å². The predicted molar refractivity (Wildman–Crippen MR) is 67.3 cm³/mol. The number of hydrogen-bond acceptors (Lipinski definition) is 2. The Hall–Kier alpha value is -0.570. The van der Waals surface area contributed by atoms with E-state index in [2.05, 4.69) is 12.2 Å². The third kappa shape index (κ3) is 3.78. The summed E-state index contributed by atoms with van der Waals surface area (Å²) in [6.07, 6.45) is 6.73. The zero-order valence-electron chi connectivity index (χ0n) is 11.1. The number of likely N-dealkylation sites (N-methyl/N-ethyl adjacent to an activating group) is 1. The van der Waals surface area contributed by atoms with Crippen LogP contribution in [0.4, 0.5) is 0 Å². The van der Waals surface area contributed by atoms with Crippen LogP contribution in [0, 0.1) is 5.92 Å². The first-order valence-electron chi connectivity index (χ1n) is 6.49. The normalized spacial score (nSPS) is 21.5. The molecule has 1 rings (SSSR count). The Kier molecular flexibility index (Phi) is 5.26. The highest BCUT2D eigenvalue weighted by Crippen LogP contribution is 2.26. The van der Waals surface area contributed by atoms with Gasteiger partial charge in [-0.3, -0.25) is 4.79 Å². The van der Waals surface area contributed by atoms with Crippen LogP contribution in [0.1, 0.15) is 46.0 Å². The second-order valence-corrected chi connectivity index (χ2v) is 5.31. The van der Waals surface area contributed by atoms with Gasteiger partial charge in [0, 0.05) is 20.1 Å². The van der Waals surface area contributed by atoms with Gasteiger partial charge in [0.25, 0.3) is 0 Å². The highest BCUT2D eigenvalue weighted by atomic mass is 16.2. The van der Waals surface area contributed by atoms with Crippen molar-refractivity contribution >= 4 is 5.91 Å². The Morgan fingerprint density at radius 3 is 2.25 bits per heavy atom. The van der Waals surface area contributed by atoms with Crippen LogP contribution in [0.2, 0.25) is 0 Å². The molecule has 0 radical (unpaired) electrons. The third-order valence-corrected chi connectivity index (χ3v) is 3.68. The molecule has 2 atom stereocenters. The number of carbonyl (C=O) groups excluding carboxylic acids is 1. The smallest absolute Gasteiger partial charge is 0.238 e. The van der Waals surface area contributed by atoms with Crippen molar-refractivity contribution in [2.45, 2.75) is 58.0 Å². The van der Waals surface area contributed by atoms with Crippen molar-refractivity contribution in [3.8, 4) is 0 Å². The molecule has 94 valence electrons. The topological polar surface area (TPSA) is 32.3 Å². The molecule has 0 heterocycles. The monoisotopic (exact) mass is 226 g/mol. The van der Waals surface area contributed by atoms with E-state index in [9.17, 15) is 4.79 Å². The Morgan fingerprint density at radius 2 is 1.75 bits per heavy atom. The highest BCUT2D eigenvalue weighted by molar-refractivity contribution is 5.80. The quantitative estimate of drug-likeness (QED) is 0.795. The van der Waals surface area contributed by atoms with Crippen molar-refractivity contribution in [2.24, 2.45) is 5.92 Å². The number of rotatable bonds is 4. The molecule has 1 amide bonds. The van der Waals surface area contributed by atoms with Crippen LogP contribution in [0.15, 0.2) is 0 Å². The van der Waals surface area contributed by atoms with Crippen molar-refractivity contribution < 1.29 is 4.79 Å². The predicted octanol–water partition coefficient (Wildman–Crippen LogP) is 2.02. The van der Waals surface area contributed by atoms with E-state index in [-0.39, 0.29) is 11.9 Å². The standard InChI is InChI=1S/C13H26N2O/c1-10(12-8-6-5-7-9-12)14-11(2)13(16)15(3)4/h10-12,14H,5-9H2,1-4H3. The second-order valence-electron chi connectivity index (χ2n) is 5.31. The molecule has 0 aliphatic heterocycles. The lowest BCUT2D eigenvalue weighted by molar-refractivity contribution is -0.130. The van der Waals surface area contributed by atoms with E-state index in [0.29, 0.717) is 6.04 Å². The Morgan fingerprint density at radius 1 is 1.19 bits per heavy atom. The first-order chi connectivity index (χ1) is 7.52. The van der Waals surface area contributed by atoms with E-state index in [1.165, 1.54) is 32.1 Å². The zero-order valence-corrected chi connectivity index (χ0v) is 11.1. The molecule has 0 aromatic heterocycles.